The number of rotatable bonds is 8. The van der Waals surface area contributed by atoms with Gasteiger partial charge >= 0.3 is 6.03 Å². The summed E-state index contributed by atoms with van der Waals surface area (Å²) in [6.07, 6.45) is 2.80. The van der Waals surface area contributed by atoms with E-state index in [2.05, 4.69) is 63.8 Å². The molecule has 2 heterocycles. The van der Waals surface area contributed by atoms with Crippen LogP contribution in [0.3, 0.4) is 0 Å². The molecule has 2 amide bonds. The summed E-state index contributed by atoms with van der Waals surface area (Å²) in [5.74, 6) is 0.699. The molecule has 6 rings (SSSR count). The molecule has 0 unspecified atom stereocenters. The smallest absolute Gasteiger partial charge is 0.322 e. The van der Waals surface area contributed by atoms with Gasteiger partial charge in [0.25, 0.3) is 0 Å². The number of ether oxygens (including phenoxy) is 1. The molecule has 0 aliphatic rings. The number of methoxy groups -OCH3 is 1. The van der Waals surface area contributed by atoms with E-state index in [9.17, 15) is 4.79 Å². The van der Waals surface area contributed by atoms with Crippen molar-refractivity contribution in [3.05, 3.63) is 120 Å². The lowest BCUT2D eigenvalue weighted by molar-refractivity contribution is 0.209. The number of hydrogen-bond donors (Lipinski definition) is 1. The van der Waals surface area contributed by atoms with Crippen LogP contribution < -0.4 is 10.1 Å². The van der Waals surface area contributed by atoms with Crippen molar-refractivity contribution in [2.75, 3.05) is 19.0 Å². The van der Waals surface area contributed by atoms with Crippen molar-refractivity contribution >= 4 is 38.8 Å². The van der Waals surface area contributed by atoms with Crippen molar-refractivity contribution in [1.29, 1.82) is 0 Å². The Balaban J connectivity index is 1.22. The minimum absolute atomic E-state index is 0.152. The number of thiazole rings is 1. The van der Waals surface area contributed by atoms with Gasteiger partial charge in [0.05, 0.1) is 12.8 Å². The molecule has 0 aliphatic carbocycles. The molecule has 0 atom stereocenters. The summed E-state index contributed by atoms with van der Waals surface area (Å²) in [7, 11) is 1.62. The van der Waals surface area contributed by atoms with E-state index >= 15 is 0 Å². The Morgan fingerprint density at radius 3 is 2.62 bits per heavy atom. The van der Waals surface area contributed by atoms with Crippen LogP contribution in [0.5, 0.6) is 5.75 Å². The van der Waals surface area contributed by atoms with E-state index in [-0.39, 0.29) is 6.03 Å². The molecule has 0 saturated heterocycles. The van der Waals surface area contributed by atoms with Crippen LogP contribution in [0.25, 0.3) is 27.0 Å². The number of urea groups is 1. The van der Waals surface area contributed by atoms with Crippen LogP contribution in [0.4, 0.5) is 10.5 Å². The second-order valence-corrected chi connectivity index (χ2v) is 10.2. The summed E-state index contributed by atoms with van der Waals surface area (Å²) in [6.45, 7) is 1.07. The van der Waals surface area contributed by atoms with Crippen molar-refractivity contribution in [3.63, 3.8) is 0 Å². The highest BCUT2D eigenvalue weighted by molar-refractivity contribution is 7.15. The Bertz CT molecular complexity index is 1740. The van der Waals surface area contributed by atoms with Crippen molar-refractivity contribution in [1.82, 2.24) is 14.3 Å². The third-order valence-corrected chi connectivity index (χ3v) is 7.68. The number of fused-ring (bicyclic) bond motifs is 2. The van der Waals surface area contributed by atoms with Crippen LogP contribution in [-0.2, 0) is 13.0 Å². The number of imidazole rings is 1. The molecule has 39 heavy (non-hydrogen) atoms. The minimum atomic E-state index is -0.152. The van der Waals surface area contributed by atoms with Crippen molar-refractivity contribution in [3.8, 4) is 17.0 Å². The Kier molecular flexibility index (Phi) is 6.97. The van der Waals surface area contributed by atoms with E-state index in [1.807, 2.05) is 59.5 Å². The quantitative estimate of drug-likeness (QED) is 0.221. The predicted molar refractivity (Wildman–Crippen MR) is 159 cm³/mol. The number of carbonyl (C=O) groups is 1. The molecule has 0 radical (unpaired) electrons. The molecular formula is C32H28N4O2S. The SMILES string of the molecule is COc1cccc(NC(=O)N(CCc2csc3nc(-c4ccc5ccccc5c4)cn23)Cc2ccccc2)c1. The highest BCUT2D eigenvalue weighted by atomic mass is 32.1. The predicted octanol–water partition coefficient (Wildman–Crippen LogP) is 7.50. The zero-order chi connectivity index (χ0) is 26.6. The van der Waals surface area contributed by atoms with E-state index in [4.69, 9.17) is 9.72 Å². The third-order valence-electron chi connectivity index (χ3n) is 6.79. The zero-order valence-corrected chi connectivity index (χ0v) is 22.4. The summed E-state index contributed by atoms with van der Waals surface area (Å²) < 4.78 is 7.46. The lowest BCUT2D eigenvalue weighted by Crippen LogP contribution is -2.36. The van der Waals surface area contributed by atoms with E-state index in [1.165, 1.54) is 10.8 Å². The summed E-state index contributed by atoms with van der Waals surface area (Å²) >= 11 is 1.62. The average molecular weight is 533 g/mol. The molecule has 6 nitrogen and oxygen atoms in total. The molecule has 194 valence electrons. The van der Waals surface area contributed by atoms with Crippen molar-refractivity contribution in [2.45, 2.75) is 13.0 Å². The van der Waals surface area contributed by atoms with E-state index in [1.54, 1.807) is 18.4 Å². The van der Waals surface area contributed by atoms with Gasteiger partial charge in [0.2, 0.25) is 0 Å². The molecule has 1 N–H and O–H groups in total. The Hall–Kier alpha value is -4.62. The van der Waals surface area contributed by atoms with Crippen LogP contribution in [0.15, 0.2) is 109 Å². The maximum Gasteiger partial charge on any atom is 0.322 e. The molecule has 6 aromatic rings. The molecule has 7 heteroatoms. The standard InChI is InChI=1S/C32H28N4O2S/c1-38-29-13-7-12-27(19-29)33-31(37)35(20-23-8-3-2-4-9-23)17-16-28-22-39-32-34-30(21-36(28)32)26-15-14-24-10-5-6-11-25(24)18-26/h2-15,18-19,21-22H,16-17,20H2,1H3,(H,33,37). The highest BCUT2D eigenvalue weighted by Crippen LogP contribution is 2.27. The van der Waals surface area contributed by atoms with Gasteiger partial charge in [0.1, 0.15) is 5.75 Å². The van der Waals surface area contributed by atoms with Crippen molar-refractivity contribution < 1.29 is 9.53 Å². The maximum absolute atomic E-state index is 13.4. The molecule has 4 aromatic carbocycles. The molecule has 0 fully saturated rings. The number of hydrogen-bond acceptors (Lipinski definition) is 4. The normalized spacial score (nSPS) is 11.1. The minimum Gasteiger partial charge on any atom is -0.497 e. The number of aromatic nitrogens is 2. The van der Waals surface area contributed by atoms with Crippen LogP contribution in [0.2, 0.25) is 0 Å². The summed E-state index contributed by atoms with van der Waals surface area (Å²) in [4.78, 5) is 21.1. The summed E-state index contributed by atoms with van der Waals surface area (Å²) in [5, 5.41) is 7.58. The Labute approximate surface area is 231 Å². The Morgan fingerprint density at radius 2 is 1.77 bits per heavy atom. The number of nitrogens with one attached hydrogen (secondary N) is 1. The van der Waals surface area contributed by atoms with Gasteiger partial charge in [-0.25, -0.2) is 9.78 Å². The fourth-order valence-electron chi connectivity index (χ4n) is 4.71. The number of anilines is 1. The maximum atomic E-state index is 13.4. The zero-order valence-electron chi connectivity index (χ0n) is 21.6. The van der Waals surface area contributed by atoms with Gasteiger partial charge in [-0.05, 0) is 34.5 Å². The van der Waals surface area contributed by atoms with Crippen LogP contribution in [0, 0.1) is 0 Å². The van der Waals surface area contributed by atoms with E-state index in [0.29, 0.717) is 30.9 Å². The fraction of sp³-hybridized carbons (Fsp3) is 0.125. The number of amides is 2. The summed E-state index contributed by atoms with van der Waals surface area (Å²) in [6, 6.07) is 32.1. The highest BCUT2D eigenvalue weighted by Gasteiger charge is 2.17. The fourth-order valence-corrected chi connectivity index (χ4v) is 5.61. The first kappa shape index (κ1) is 24.7. The van der Waals surface area contributed by atoms with Gasteiger partial charge < -0.3 is 15.0 Å². The number of benzene rings is 4. The van der Waals surface area contributed by atoms with Gasteiger partial charge in [-0.3, -0.25) is 4.40 Å². The van der Waals surface area contributed by atoms with Crippen LogP contribution in [0.1, 0.15) is 11.3 Å². The largest absolute Gasteiger partial charge is 0.497 e. The van der Waals surface area contributed by atoms with Gasteiger partial charge in [-0.1, -0.05) is 72.8 Å². The first-order chi connectivity index (χ1) is 19.2. The average Bonchev–Trinajstić information content (AvgIpc) is 3.57. The van der Waals surface area contributed by atoms with Gasteiger partial charge in [-0.2, -0.15) is 0 Å². The molecule has 0 bridgehead atoms. The molecule has 0 spiro atoms. The van der Waals surface area contributed by atoms with Gasteiger partial charge in [0, 0.05) is 54.1 Å². The molecule has 0 saturated carbocycles. The van der Waals surface area contributed by atoms with Crippen molar-refractivity contribution in [2.24, 2.45) is 0 Å². The van der Waals surface area contributed by atoms with Crippen LogP contribution >= 0.6 is 11.3 Å². The number of carbonyl (C=O) groups excluding carboxylic acids is 1. The monoisotopic (exact) mass is 532 g/mol. The molecule has 0 aliphatic heterocycles. The third kappa shape index (κ3) is 5.49. The second-order valence-electron chi connectivity index (χ2n) is 9.39. The van der Waals surface area contributed by atoms with Gasteiger partial charge in [0.15, 0.2) is 4.96 Å². The Morgan fingerprint density at radius 1 is 0.949 bits per heavy atom. The number of nitrogens with zero attached hydrogens (tertiary/aromatic N) is 3. The topological polar surface area (TPSA) is 58.9 Å². The van der Waals surface area contributed by atoms with Crippen LogP contribution in [-0.4, -0.2) is 34.0 Å². The lowest BCUT2D eigenvalue weighted by Gasteiger charge is -2.23. The lowest BCUT2D eigenvalue weighted by atomic mass is 10.1. The first-order valence-electron chi connectivity index (χ1n) is 12.8. The summed E-state index contributed by atoms with van der Waals surface area (Å²) in [5.41, 5.74) is 4.95. The first-order valence-corrected chi connectivity index (χ1v) is 13.7. The molecule has 2 aromatic heterocycles. The van der Waals surface area contributed by atoms with E-state index in [0.717, 1.165) is 27.5 Å². The second kappa shape index (κ2) is 11.0. The van der Waals surface area contributed by atoms with E-state index < -0.39 is 0 Å². The van der Waals surface area contributed by atoms with Gasteiger partial charge in [-0.15, -0.1) is 11.3 Å². The molecular weight excluding hydrogens is 504 g/mol.